The Morgan fingerprint density at radius 1 is 1.36 bits per heavy atom. The van der Waals surface area contributed by atoms with Crippen LogP contribution in [0.3, 0.4) is 0 Å². The number of hydrogen-bond donors (Lipinski definition) is 0. The first-order chi connectivity index (χ1) is 4.83. The molecule has 0 spiro atoms. The molecular weight excluding hydrogens is 163 g/mol. The molecule has 0 saturated carbocycles. The number of benzene rings is 1. The molecule has 0 radical (unpaired) electrons. The predicted octanol–water partition coefficient (Wildman–Crippen LogP) is -1.28. The van der Waals surface area contributed by atoms with E-state index in [9.17, 15) is 5.11 Å². The van der Waals surface area contributed by atoms with Gasteiger partial charge in [0.1, 0.15) is 0 Å². The van der Waals surface area contributed by atoms with E-state index < -0.39 is 0 Å². The summed E-state index contributed by atoms with van der Waals surface area (Å²) in [7, 11) is 0. The average molecular weight is 174 g/mol. The second-order valence-corrected chi connectivity index (χ2v) is 2.40. The number of rotatable bonds is 2. The summed E-state index contributed by atoms with van der Waals surface area (Å²) in [5, 5.41) is 10.8. The number of aryl methyl sites for hydroxylation is 1. The van der Waals surface area contributed by atoms with Crippen molar-refractivity contribution in [2.24, 2.45) is 0 Å². The van der Waals surface area contributed by atoms with Crippen molar-refractivity contribution in [1.29, 1.82) is 0 Å². The monoisotopic (exact) mass is 174 g/mol. The van der Waals surface area contributed by atoms with Gasteiger partial charge in [0.05, 0.1) is 0 Å². The SMILES string of the molecule is CCCc1cccc([O-])c1.[K+]. The van der Waals surface area contributed by atoms with Crippen LogP contribution in [0.4, 0.5) is 0 Å². The minimum absolute atomic E-state index is 0. The van der Waals surface area contributed by atoms with E-state index in [1.165, 1.54) is 0 Å². The molecule has 54 valence electrons. The van der Waals surface area contributed by atoms with E-state index in [0.717, 1.165) is 18.4 Å². The normalized spacial score (nSPS) is 8.82. The zero-order chi connectivity index (χ0) is 7.40. The molecular formula is C9H11KO. The molecule has 0 unspecified atom stereocenters. The molecule has 0 amide bonds. The van der Waals surface area contributed by atoms with Crippen molar-refractivity contribution < 1.29 is 56.5 Å². The first-order valence-corrected chi connectivity index (χ1v) is 3.59. The molecule has 1 rings (SSSR count). The van der Waals surface area contributed by atoms with Gasteiger partial charge in [0.25, 0.3) is 0 Å². The van der Waals surface area contributed by atoms with Crippen molar-refractivity contribution >= 4 is 0 Å². The van der Waals surface area contributed by atoms with E-state index in [0.29, 0.717) is 0 Å². The molecule has 0 aromatic heterocycles. The summed E-state index contributed by atoms with van der Waals surface area (Å²) >= 11 is 0. The van der Waals surface area contributed by atoms with Crippen molar-refractivity contribution in [3.05, 3.63) is 29.8 Å². The molecule has 11 heavy (non-hydrogen) atoms. The van der Waals surface area contributed by atoms with Crippen molar-refractivity contribution in [3.63, 3.8) is 0 Å². The molecule has 0 fully saturated rings. The molecule has 1 aromatic rings. The van der Waals surface area contributed by atoms with Crippen LogP contribution in [0, 0.1) is 0 Å². The average Bonchev–Trinajstić information content (AvgIpc) is 1.88. The third-order valence-electron chi connectivity index (χ3n) is 1.44. The van der Waals surface area contributed by atoms with Crippen molar-refractivity contribution in [1.82, 2.24) is 0 Å². The summed E-state index contributed by atoms with van der Waals surface area (Å²) in [6.45, 7) is 2.11. The summed E-state index contributed by atoms with van der Waals surface area (Å²) in [5.41, 5.74) is 1.15. The second-order valence-electron chi connectivity index (χ2n) is 2.40. The zero-order valence-electron chi connectivity index (χ0n) is 7.13. The van der Waals surface area contributed by atoms with E-state index in [1.54, 1.807) is 12.1 Å². The van der Waals surface area contributed by atoms with E-state index in [-0.39, 0.29) is 57.1 Å². The predicted molar refractivity (Wildman–Crippen MR) is 39.9 cm³/mol. The maximum absolute atomic E-state index is 10.8. The molecule has 0 aliphatic carbocycles. The van der Waals surface area contributed by atoms with Gasteiger partial charge in [0, 0.05) is 0 Å². The van der Waals surface area contributed by atoms with Gasteiger partial charge in [0.15, 0.2) is 0 Å². The van der Waals surface area contributed by atoms with Crippen molar-refractivity contribution in [2.75, 3.05) is 0 Å². The Hall–Kier alpha value is 0.656. The van der Waals surface area contributed by atoms with Gasteiger partial charge in [-0.2, -0.15) is 0 Å². The molecule has 0 bridgehead atoms. The summed E-state index contributed by atoms with van der Waals surface area (Å²) < 4.78 is 0. The zero-order valence-corrected chi connectivity index (χ0v) is 10.3. The quantitative estimate of drug-likeness (QED) is 0.512. The Balaban J connectivity index is 0.000001000. The second kappa shape index (κ2) is 6.20. The van der Waals surface area contributed by atoms with E-state index >= 15 is 0 Å². The first-order valence-electron chi connectivity index (χ1n) is 3.59. The van der Waals surface area contributed by atoms with E-state index in [4.69, 9.17) is 0 Å². The number of hydrogen-bond acceptors (Lipinski definition) is 1. The van der Waals surface area contributed by atoms with E-state index in [1.807, 2.05) is 12.1 Å². The van der Waals surface area contributed by atoms with Crippen molar-refractivity contribution in [2.45, 2.75) is 19.8 Å². The van der Waals surface area contributed by atoms with Crippen LogP contribution in [0.5, 0.6) is 5.75 Å². The first kappa shape index (κ1) is 11.7. The van der Waals surface area contributed by atoms with Crippen LogP contribution in [-0.2, 0) is 6.42 Å². The molecule has 2 heteroatoms. The summed E-state index contributed by atoms with van der Waals surface area (Å²) in [6.07, 6.45) is 2.11. The van der Waals surface area contributed by atoms with Crippen LogP contribution < -0.4 is 56.5 Å². The summed E-state index contributed by atoms with van der Waals surface area (Å²) in [5.74, 6) is 0.117. The van der Waals surface area contributed by atoms with Gasteiger partial charge in [-0.05, 0) is 12.0 Å². The molecule has 0 saturated heterocycles. The molecule has 0 aliphatic heterocycles. The molecule has 0 heterocycles. The third-order valence-corrected chi connectivity index (χ3v) is 1.44. The van der Waals surface area contributed by atoms with Gasteiger partial charge < -0.3 is 5.11 Å². The van der Waals surface area contributed by atoms with Crippen LogP contribution in [0.15, 0.2) is 24.3 Å². The smallest absolute Gasteiger partial charge is 0.872 e. The van der Waals surface area contributed by atoms with Gasteiger partial charge in [-0.3, -0.25) is 0 Å². The van der Waals surface area contributed by atoms with Crippen LogP contribution in [-0.4, -0.2) is 0 Å². The van der Waals surface area contributed by atoms with Crippen LogP contribution in [0.2, 0.25) is 0 Å². The van der Waals surface area contributed by atoms with Crippen molar-refractivity contribution in [3.8, 4) is 5.75 Å². The van der Waals surface area contributed by atoms with Crippen LogP contribution in [0.1, 0.15) is 18.9 Å². The summed E-state index contributed by atoms with van der Waals surface area (Å²) in [6, 6.07) is 7.08. The fraction of sp³-hybridized carbons (Fsp3) is 0.333. The van der Waals surface area contributed by atoms with Gasteiger partial charge in [-0.25, -0.2) is 0 Å². The Bertz CT molecular complexity index is 210. The van der Waals surface area contributed by atoms with Crippen LogP contribution in [0.25, 0.3) is 0 Å². The Morgan fingerprint density at radius 2 is 2.09 bits per heavy atom. The largest absolute Gasteiger partial charge is 1.00 e. The van der Waals surface area contributed by atoms with Crippen LogP contribution >= 0.6 is 0 Å². The molecule has 1 aromatic carbocycles. The molecule has 0 aliphatic rings. The maximum atomic E-state index is 10.8. The third kappa shape index (κ3) is 4.28. The maximum Gasteiger partial charge on any atom is 1.00 e. The summed E-state index contributed by atoms with van der Waals surface area (Å²) in [4.78, 5) is 0. The standard InChI is InChI=1S/C9H12O.K/c1-2-4-8-5-3-6-9(10)7-8;/h3,5-7,10H,2,4H2,1H3;/q;+1/p-1. The molecule has 1 nitrogen and oxygen atoms in total. The minimum atomic E-state index is 0. The molecule has 0 N–H and O–H groups in total. The molecule has 0 atom stereocenters. The van der Waals surface area contributed by atoms with Gasteiger partial charge >= 0.3 is 51.4 Å². The fourth-order valence-corrected chi connectivity index (χ4v) is 0.990. The Kier molecular flexibility index (Phi) is 6.57. The van der Waals surface area contributed by atoms with Gasteiger partial charge in [0.2, 0.25) is 0 Å². The topological polar surface area (TPSA) is 23.1 Å². The van der Waals surface area contributed by atoms with Gasteiger partial charge in [-0.1, -0.05) is 37.6 Å². The minimum Gasteiger partial charge on any atom is -0.872 e. The van der Waals surface area contributed by atoms with E-state index in [2.05, 4.69) is 6.92 Å². The fourth-order valence-electron chi connectivity index (χ4n) is 0.990. The van der Waals surface area contributed by atoms with Gasteiger partial charge in [-0.15, -0.1) is 5.75 Å². The Morgan fingerprint density at radius 3 is 2.64 bits per heavy atom. The Labute approximate surface area is 110 Å².